The van der Waals surface area contributed by atoms with Gasteiger partial charge in [0.15, 0.2) is 0 Å². The Labute approximate surface area is 77.3 Å². The highest BCUT2D eigenvalue weighted by molar-refractivity contribution is 5.31. The number of alkyl halides is 1. The van der Waals surface area contributed by atoms with Crippen LogP contribution in [-0.4, -0.2) is 13.5 Å². The van der Waals surface area contributed by atoms with Crippen molar-refractivity contribution in [3.63, 3.8) is 0 Å². The highest BCUT2D eigenvalue weighted by Gasteiger charge is 1.94. The van der Waals surface area contributed by atoms with E-state index < -0.39 is 6.86 Å². The molecular formula is C10H13FO2. The molecule has 1 rings (SSSR count). The first-order chi connectivity index (χ1) is 6.36. The lowest BCUT2D eigenvalue weighted by Gasteiger charge is -2.05. The van der Waals surface area contributed by atoms with Gasteiger partial charge in [-0.05, 0) is 30.7 Å². The van der Waals surface area contributed by atoms with Crippen LogP contribution < -0.4 is 9.47 Å². The quantitative estimate of drug-likeness (QED) is 0.700. The Kier molecular flexibility index (Phi) is 4.09. The SMILES string of the molecule is CCCOc1ccc(OCF)cc1. The maximum atomic E-state index is 11.7. The standard InChI is InChI=1S/C10H13FO2/c1-2-7-12-9-3-5-10(6-4-9)13-8-11/h3-6H,2,7-8H2,1H3. The summed E-state index contributed by atoms with van der Waals surface area (Å²) in [6, 6.07) is 6.90. The van der Waals surface area contributed by atoms with E-state index in [1.165, 1.54) is 0 Å². The Hall–Kier alpha value is -1.25. The molecule has 0 radical (unpaired) electrons. The number of ether oxygens (including phenoxy) is 2. The van der Waals surface area contributed by atoms with Crippen molar-refractivity contribution >= 4 is 0 Å². The second-order valence-electron chi connectivity index (χ2n) is 2.57. The molecule has 1 aromatic rings. The first-order valence-corrected chi connectivity index (χ1v) is 4.28. The molecule has 0 unspecified atom stereocenters. The van der Waals surface area contributed by atoms with Crippen LogP contribution in [0.3, 0.4) is 0 Å². The third kappa shape index (κ3) is 3.32. The van der Waals surface area contributed by atoms with Gasteiger partial charge in [0.05, 0.1) is 6.61 Å². The third-order valence-electron chi connectivity index (χ3n) is 1.52. The molecular weight excluding hydrogens is 171 g/mol. The monoisotopic (exact) mass is 184 g/mol. The minimum atomic E-state index is -0.796. The van der Waals surface area contributed by atoms with E-state index in [0.717, 1.165) is 12.2 Å². The van der Waals surface area contributed by atoms with Crippen LogP contribution in [0.1, 0.15) is 13.3 Å². The Morgan fingerprint density at radius 1 is 1.08 bits per heavy atom. The Morgan fingerprint density at radius 3 is 2.08 bits per heavy atom. The Morgan fingerprint density at radius 2 is 1.62 bits per heavy atom. The van der Waals surface area contributed by atoms with Crippen molar-refractivity contribution in [3.8, 4) is 11.5 Å². The van der Waals surface area contributed by atoms with Crippen LogP contribution >= 0.6 is 0 Å². The van der Waals surface area contributed by atoms with Crippen LogP contribution in [0.15, 0.2) is 24.3 Å². The van der Waals surface area contributed by atoms with Crippen LogP contribution in [0.5, 0.6) is 11.5 Å². The summed E-state index contributed by atoms with van der Waals surface area (Å²) in [5.74, 6) is 1.31. The summed E-state index contributed by atoms with van der Waals surface area (Å²) in [5.41, 5.74) is 0. The molecule has 0 saturated heterocycles. The van der Waals surface area contributed by atoms with Gasteiger partial charge in [-0.25, -0.2) is 4.39 Å². The number of hydrogen-bond acceptors (Lipinski definition) is 2. The van der Waals surface area contributed by atoms with Gasteiger partial charge in [0, 0.05) is 0 Å². The van der Waals surface area contributed by atoms with Crippen molar-refractivity contribution in [2.75, 3.05) is 13.5 Å². The maximum absolute atomic E-state index is 11.7. The molecule has 0 spiro atoms. The summed E-state index contributed by atoms with van der Waals surface area (Å²) in [6.07, 6.45) is 0.975. The second kappa shape index (κ2) is 5.41. The van der Waals surface area contributed by atoms with Gasteiger partial charge in [-0.1, -0.05) is 6.92 Å². The van der Waals surface area contributed by atoms with Gasteiger partial charge in [0.2, 0.25) is 6.86 Å². The Bertz CT molecular complexity index is 233. The van der Waals surface area contributed by atoms with Gasteiger partial charge in [0.1, 0.15) is 11.5 Å². The van der Waals surface area contributed by atoms with Crippen molar-refractivity contribution in [3.05, 3.63) is 24.3 Å². The van der Waals surface area contributed by atoms with Gasteiger partial charge < -0.3 is 9.47 Å². The molecule has 13 heavy (non-hydrogen) atoms. The van der Waals surface area contributed by atoms with Crippen molar-refractivity contribution in [2.24, 2.45) is 0 Å². The van der Waals surface area contributed by atoms with E-state index >= 15 is 0 Å². The molecule has 3 heteroatoms. The van der Waals surface area contributed by atoms with Crippen molar-refractivity contribution < 1.29 is 13.9 Å². The molecule has 0 aliphatic heterocycles. The van der Waals surface area contributed by atoms with Gasteiger partial charge >= 0.3 is 0 Å². The fourth-order valence-electron chi connectivity index (χ4n) is 0.915. The minimum absolute atomic E-state index is 0.520. The molecule has 0 N–H and O–H groups in total. The second-order valence-corrected chi connectivity index (χ2v) is 2.57. The number of rotatable bonds is 5. The summed E-state index contributed by atoms with van der Waals surface area (Å²) in [6.45, 7) is 1.94. The summed E-state index contributed by atoms with van der Waals surface area (Å²) in [4.78, 5) is 0. The lowest BCUT2D eigenvalue weighted by molar-refractivity contribution is 0.191. The molecule has 72 valence electrons. The number of halogens is 1. The van der Waals surface area contributed by atoms with E-state index in [2.05, 4.69) is 4.74 Å². The molecule has 0 heterocycles. The van der Waals surface area contributed by atoms with Crippen molar-refractivity contribution in [1.82, 2.24) is 0 Å². The number of hydrogen-bond donors (Lipinski definition) is 0. The van der Waals surface area contributed by atoms with Crippen molar-refractivity contribution in [1.29, 1.82) is 0 Å². The van der Waals surface area contributed by atoms with Crippen LogP contribution in [0.25, 0.3) is 0 Å². The minimum Gasteiger partial charge on any atom is -0.494 e. The first kappa shape index (κ1) is 9.84. The molecule has 0 saturated carbocycles. The molecule has 0 bridgehead atoms. The lowest BCUT2D eigenvalue weighted by Crippen LogP contribution is -1.95. The topological polar surface area (TPSA) is 18.5 Å². The van der Waals surface area contributed by atoms with Crippen LogP contribution in [0.4, 0.5) is 4.39 Å². The third-order valence-corrected chi connectivity index (χ3v) is 1.52. The van der Waals surface area contributed by atoms with E-state index in [1.54, 1.807) is 24.3 Å². The predicted octanol–water partition coefficient (Wildman–Crippen LogP) is 2.78. The van der Waals surface area contributed by atoms with Gasteiger partial charge in [-0.3, -0.25) is 0 Å². The van der Waals surface area contributed by atoms with Gasteiger partial charge in [-0.15, -0.1) is 0 Å². The van der Waals surface area contributed by atoms with E-state index in [4.69, 9.17) is 4.74 Å². The smallest absolute Gasteiger partial charge is 0.228 e. The average molecular weight is 184 g/mol. The van der Waals surface area contributed by atoms with E-state index in [9.17, 15) is 4.39 Å². The number of benzene rings is 1. The lowest BCUT2D eigenvalue weighted by atomic mass is 10.3. The molecule has 0 amide bonds. The zero-order chi connectivity index (χ0) is 9.52. The highest BCUT2D eigenvalue weighted by atomic mass is 19.1. The zero-order valence-corrected chi connectivity index (χ0v) is 7.63. The zero-order valence-electron chi connectivity index (χ0n) is 7.63. The normalized spacial score (nSPS) is 9.69. The van der Waals surface area contributed by atoms with Gasteiger partial charge in [-0.2, -0.15) is 0 Å². The molecule has 0 aromatic heterocycles. The summed E-state index contributed by atoms with van der Waals surface area (Å²) < 4.78 is 21.7. The highest BCUT2D eigenvalue weighted by Crippen LogP contribution is 2.17. The Balaban J connectivity index is 2.48. The average Bonchev–Trinajstić information content (AvgIpc) is 2.17. The fraction of sp³-hybridized carbons (Fsp3) is 0.400. The van der Waals surface area contributed by atoms with E-state index in [0.29, 0.717) is 12.4 Å². The summed E-state index contributed by atoms with van der Waals surface area (Å²) in [7, 11) is 0. The maximum Gasteiger partial charge on any atom is 0.228 e. The molecule has 0 aliphatic carbocycles. The molecule has 2 nitrogen and oxygen atoms in total. The van der Waals surface area contributed by atoms with Gasteiger partial charge in [0.25, 0.3) is 0 Å². The largest absolute Gasteiger partial charge is 0.494 e. The van der Waals surface area contributed by atoms with E-state index in [-0.39, 0.29) is 0 Å². The summed E-state index contributed by atoms with van der Waals surface area (Å²) in [5, 5.41) is 0. The molecule has 0 fully saturated rings. The summed E-state index contributed by atoms with van der Waals surface area (Å²) >= 11 is 0. The van der Waals surface area contributed by atoms with E-state index in [1.807, 2.05) is 6.92 Å². The molecule has 1 aromatic carbocycles. The van der Waals surface area contributed by atoms with Crippen LogP contribution in [0, 0.1) is 0 Å². The van der Waals surface area contributed by atoms with Crippen LogP contribution in [0.2, 0.25) is 0 Å². The van der Waals surface area contributed by atoms with Crippen molar-refractivity contribution in [2.45, 2.75) is 13.3 Å². The molecule has 0 atom stereocenters. The fourth-order valence-corrected chi connectivity index (χ4v) is 0.915. The predicted molar refractivity (Wildman–Crippen MR) is 48.8 cm³/mol. The molecule has 0 aliphatic rings. The first-order valence-electron chi connectivity index (χ1n) is 4.28. The van der Waals surface area contributed by atoms with Crippen LogP contribution in [-0.2, 0) is 0 Å².